The predicted molar refractivity (Wildman–Crippen MR) is 51.7 cm³/mol. The van der Waals surface area contributed by atoms with E-state index in [2.05, 4.69) is 0 Å². The van der Waals surface area contributed by atoms with Crippen LogP contribution in [0.15, 0.2) is 18.2 Å². The Labute approximate surface area is 87.1 Å². The van der Waals surface area contributed by atoms with Crippen LogP contribution in [0.4, 0.5) is 4.39 Å². The van der Waals surface area contributed by atoms with Gasteiger partial charge in [0, 0.05) is 5.56 Å². The van der Waals surface area contributed by atoms with Gasteiger partial charge in [0.05, 0.1) is 24.7 Å². The van der Waals surface area contributed by atoms with Crippen molar-refractivity contribution in [2.75, 3.05) is 6.61 Å². The van der Waals surface area contributed by atoms with E-state index in [1.807, 2.05) is 6.07 Å². The molecule has 0 unspecified atom stereocenters. The van der Waals surface area contributed by atoms with Crippen LogP contribution in [-0.2, 0) is 11.2 Å². The van der Waals surface area contributed by atoms with Crippen LogP contribution in [0.1, 0.15) is 22.8 Å². The fraction of sp³-hybridized carbons (Fsp3) is 0.273. The van der Waals surface area contributed by atoms with Crippen LogP contribution < -0.4 is 0 Å². The Kier molecular flexibility index (Phi) is 3.81. The highest BCUT2D eigenvalue weighted by Crippen LogP contribution is 2.15. The van der Waals surface area contributed by atoms with Gasteiger partial charge in [-0.3, -0.25) is 0 Å². The molecule has 15 heavy (non-hydrogen) atoms. The van der Waals surface area contributed by atoms with Gasteiger partial charge in [-0.1, -0.05) is 6.07 Å². The Balaban J connectivity index is 3.11. The Morgan fingerprint density at radius 1 is 1.60 bits per heavy atom. The summed E-state index contributed by atoms with van der Waals surface area (Å²) in [6.07, 6.45) is -0.138. The first-order valence-electron chi connectivity index (χ1n) is 4.52. The molecule has 78 valence electrons. The average molecular weight is 207 g/mol. The van der Waals surface area contributed by atoms with Crippen molar-refractivity contribution in [3.8, 4) is 6.07 Å². The predicted octanol–water partition coefficient (Wildman–Crippen LogP) is 2.07. The zero-order chi connectivity index (χ0) is 11.3. The fourth-order valence-electron chi connectivity index (χ4n) is 1.22. The summed E-state index contributed by atoms with van der Waals surface area (Å²) in [4.78, 5) is 11.4. The molecule has 0 spiro atoms. The molecule has 1 aromatic carbocycles. The Hall–Kier alpha value is -1.89. The average Bonchev–Trinajstić information content (AvgIpc) is 2.21. The number of halogens is 1. The molecule has 1 aromatic rings. The van der Waals surface area contributed by atoms with E-state index >= 15 is 0 Å². The number of ether oxygens (including phenoxy) is 1. The van der Waals surface area contributed by atoms with Gasteiger partial charge >= 0.3 is 5.97 Å². The monoisotopic (exact) mass is 207 g/mol. The molecule has 0 aliphatic rings. The van der Waals surface area contributed by atoms with E-state index in [0.717, 1.165) is 0 Å². The molecule has 3 nitrogen and oxygen atoms in total. The Bertz CT molecular complexity index is 410. The minimum Gasteiger partial charge on any atom is -0.462 e. The molecule has 0 aliphatic heterocycles. The van der Waals surface area contributed by atoms with Crippen LogP contribution in [0.25, 0.3) is 0 Å². The molecule has 0 heterocycles. The van der Waals surface area contributed by atoms with Crippen molar-refractivity contribution in [1.82, 2.24) is 0 Å². The standard InChI is InChI=1S/C11H10FNO2/c1-2-15-11(14)9-4-3-5-10(12)8(9)6-7-13/h3-5H,2,6H2,1H3. The van der Waals surface area contributed by atoms with Crippen LogP contribution in [0.3, 0.4) is 0 Å². The smallest absolute Gasteiger partial charge is 0.338 e. The lowest BCUT2D eigenvalue weighted by molar-refractivity contribution is 0.0524. The molecule has 0 aliphatic carbocycles. The second-order valence-corrected chi connectivity index (χ2v) is 2.82. The van der Waals surface area contributed by atoms with E-state index in [1.165, 1.54) is 18.2 Å². The highest BCUT2D eigenvalue weighted by atomic mass is 19.1. The van der Waals surface area contributed by atoms with Crippen LogP contribution in [0, 0.1) is 17.1 Å². The quantitative estimate of drug-likeness (QED) is 0.713. The summed E-state index contributed by atoms with van der Waals surface area (Å²) < 4.78 is 18.0. The highest BCUT2D eigenvalue weighted by molar-refractivity contribution is 5.91. The van der Waals surface area contributed by atoms with Crippen LogP contribution in [-0.4, -0.2) is 12.6 Å². The van der Waals surface area contributed by atoms with Gasteiger partial charge in [0.2, 0.25) is 0 Å². The molecule has 0 radical (unpaired) electrons. The van der Waals surface area contributed by atoms with E-state index in [-0.39, 0.29) is 24.2 Å². The van der Waals surface area contributed by atoms with Gasteiger partial charge in [0.25, 0.3) is 0 Å². The molecular formula is C11H10FNO2. The number of nitriles is 1. The maximum Gasteiger partial charge on any atom is 0.338 e. The summed E-state index contributed by atoms with van der Waals surface area (Å²) in [6.45, 7) is 1.89. The van der Waals surface area contributed by atoms with Gasteiger partial charge in [-0.15, -0.1) is 0 Å². The van der Waals surface area contributed by atoms with E-state index in [0.29, 0.717) is 0 Å². The van der Waals surface area contributed by atoms with Gasteiger partial charge in [0.15, 0.2) is 0 Å². The van der Waals surface area contributed by atoms with E-state index in [1.54, 1.807) is 6.92 Å². The normalized spacial score (nSPS) is 9.40. The molecule has 0 aromatic heterocycles. The Morgan fingerprint density at radius 3 is 2.93 bits per heavy atom. The van der Waals surface area contributed by atoms with Crippen molar-refractivity contribution in [1.29, 1.82) is 5.26 Å². The van der Waals surface area contributed by atoms with Gasteiger partial charge in [-0.2, -0.15) is 5.26 Å². The van der Waals surface area contributed by atoms with Crippen molar-refractivity contribution in [2.24, 2.45) is 0 Å². The van der Waals surface area contributed by atoms with Gasteiger partial charge in [-0.25, -0.2) is 9.18 Å². The van der Waals surface area contributed by atoms with E-state index in [4.69, 9.17) is 10.00 Å². The molecule has 0 saturated heterocycles. The first-order valence-corrected chi connectivity index (χ1v) is 4.52. The second-order valence-electron chi connectivity index (χ2n) is 2.82. The van der Waals surface area contributed by atoms with E-state index in [9.17, 15) is 9.18 Å². The lowest BCUT2D eigenvalue weighted by atomic mass is 10.0. The number of nitrogens with zero attached hydrogens (tertiary/aromatic N) is 1. The number of benzene rings is 1. The summed E-state index contributed by atoms with van der Waals surface area (Å²) in [5.74, 6) is -1.15. The first kappa shape index (κ1) is 11.2. The summed E-state index contributed by atoms with van der Waals surface area (Å²) in [6, 6.07) is 5.90. The van der Waals surface area contributed by atoms with Gasteiger partial charge in [-0.05, 0) is 19.1 Å². The van der Waals surface area contributed by atoms with Gasteiger partial charge < -0.3 is 4.74 Å². The maximum absolute atomic E-state index is 13.3. The van der Waals surface area contributed by atoms with Crippen LogP contribution in [0.2, 0.25) is 0 Å². The van der Waals surface area contributed by atoms with Crippen molar-refractivity contribution in [2.45, 2.75) is 13.3 Å². The topological polar surface area (TPSA) is 50.1 Å². The SMILES string of the molecule is CCOC(=O)c1cccc(F)c1CC#N. The largest absolute Gasteiger partial charge is 0.462 e. The maximum atomic E-state index is 13.3. The molecule has 1 rings (SSSR count). The third-order valence-electron chi connectivity index (χ3n) is 1.87. The molecule has 0 amide bonds. The van der Waals surface area contributed by atoms with E-state index < -0.39 is 11.8 Å². The van der Waals surface area contributed by atoms with Crippen molar-refractivity contribution in [3.63, 3.8) is 0 Å². The van der Waals surface area contributed by atoms with Crippen molar-refractivity contribution in [3.05, 3.63) is 35.1 Å². The highest BCUT2D eigenvalue weighted by Gasteiger charge is 2.15. The number of rotatable bonds is 3. The third-order valence-corrected chi connectivity index (χ3v) is 1.87. The van der Waals surface area contributed by atoms with Crippen molar-refractivity contribution < 1.29 is 13.9 Å². The molecule has 0 bridgehead atoms. The number of carbonyl (C=O) groups is 1. The minimum atomic E-state index is -0.595. The minimum absolute atomic E-state index is 0.0958. The molecule has 0 saturated carbocycles. The zero-order valence-electron chi connectivity index (χ0n) is 8.29. The molecule has 0 N–H and O–H groups in total. The van der Waals surface area contributed by atoms with Crippen molar-refractivity contribution >= 4 is 5.97 Å². The second kappa shape index (κ2) is 5.11. The number of esters is 1. The number of carbonyl (C=O) groups excluding carboxylic acids is 1. The zero-order valence-corrected chi connectivity index (χ0v) is 8.29. The lowest BCUT2D eigenvalue weighted by Crippen LogP contribution is -2.09. The first-order chi connectivity index (χ1) is 7.20. The molecular weight excluding hydrogens is 197 g/mol. The summed E-state index contributed by atoms with van der Waals surface area (Å²) in [5.41, 5.74) is 0.219. The molecule has 0 atom stereocenters. The molecule has 4 heteroatoms. The number of hydrogen-bond acceptors (Lipinski definition) is 3. The summed E-state index contributed by atoms with van der Waals surface area (Å²) >= 11 is 0. The summed E-state index contributed by atoms with van der Waals surface area (Å²) in [5, 5.41) is 8.51. The number of hydrogen-bond donors (Lipinski definition) is 0. The fourth-order valence-corrected chi connectivity index (χ4v) is 1.22. The Morgan fingerprint density at radius 2 is 2.33 bits per heavy atom. The van der Waals surface area contributed by atoms with Crippen LogP contribution in [0.5, 0.6) is 0 Å². The molecule has 0 fully saturated rings. The summed E-state index contributed by atoms with van der Waals surface area (Å²) in [7, 11) is 0. The van der Waals surface area contributed by atoms with Gasteiger partial charge in [0.1, 0.15) is 5.82 Å². The van der Waals surface area contributed by atoms with Crippen LogP contribution >= 0.6 is 0 Å². The third kappa shape index (κ3) is 2.53. The lowest BCUT2D eigenvalue weighted by Gasteiger charge is -2.06.